The van der Waals surface area contributed by atoms with Crippen molar-refractivity contribution < 1.29 is 13.2 Å². The number of hydrogen-bond acceptors (Lipinski definition) is 3. The fourth-order valence-electron chi connectivity index (χ4n) is 1.46. The van der Waals surface area contributed by atoms with Crippen LogP contribution in [-0.4, -0.2) is 35.9 Å². The quantitative estimate of drug-likeness (QED) is 0.480. The van der Waals surface area contributed by atoms with Crippen LogP contribution in [0.3, 0.4) is 0 Å². The monoisotopic (exact) mass is 183 g/mol. The summed E-state index contributed by atoms with van der Waals surface area (Å²) in [5, 5.41) is 2.16. The molecule has 0 aromatic rings. The average molecular weight is 183 g/mol. The Balaban J connectivity index is 2.64. The zero-order valence-corrected chi connectivity index (χ0v) is 6.80. The predicted molar refractivity (Wildman–Crippen MR) is 37.7 cm³/mol. The van der Waals surface area contributed by atoms with Gasteiger partial charge in [-0.25, -0.2) is 5.01 Å². The summed E-state index contributed by atoms with van der Waals surface area (Å²) in [7, 11) is 1.42. The molecule has 1 aliphatic rings. The van der Waals surface area contributed by atoms with Gasteiger partial charge in [-0.15, -0.1) is 0 Å². The standard InChI is InChI=1S/C6H12F3N3/c1-11(10)12-4-2-3-5(12)6(7,8)9/h5H,2-4,10H2,1H3. The lowest BCUT2D eigenvalue weighted by Gasteiger charge is -2.30. The third-order valence-corrected chi connectivity index (χ3v) is 2.01. The Bertz CT molecular complexity index is 157. The number of halogens is 3. The van der Waals surface area contributed by atoms with E-state index in [0.29, 0.717) is 13.0 Å². The molecule has 0 aliphatic carbocycles. The van der Waals surface area contributed by atoms with Crippen LogP contribution in [0, 0.1) is 0 Å². The average Bonchev–Trinajstić information content (AvgIpc) is 2.30. The highest BCUT2D eigenvalue weighted by Gasteiger charge is 2.46. The molecule has 1 atom stereocenters. The number of nitrogens with two attached hydrogens (primary N) is 1. The summed E-state index contributed by atoms with van der Waals surface area (Å²) in [4.78, 5) is 0. The van der Waals surface area contributed by atoms with E-state index in [1.807, 2.05) is 0 Å². The van der Waals surface area contributed by atoms with Crippen LogP contribution in [-0.2, 0) is 0 Å². The van der Waals surface area contributed by atoms with E-state index in [4.69, 9.17) is 5.84 Å². The van der Waals surface area contributed by atoms with E-state index < -0.39 is 12.2 Å². The largest absolute Gasteiger partial charge is 0.405 e. The normalized spacial score (nSPS) is 27.0. The molecule has 72 valence electrons. The van der Waals surface area contributed by atoms with Crippen molar-refractivity contribution in [1.82, 2.24) is 10.1 Å². The fourth-order valence-corrected chi connectivity index (χ4v) is 1.46. The lowest BCUT2D eigenvalue weighted by Crippen LogP contribution is -2.52. The van der Waals surface area contributed by atoms with E-state index in [0.717, 1.165) is 10.1 Å². The topological polar surface area (TPSA) is 32.5 Å². The smallest absolute Gasteiger partial charge is 0.255 e. The summed E-state index contributed by atoms with van der Waals surface area (Å²) in [6, 6.07) is -1.40. The van der Waals surface area contributed by atoms with Gasteiger partial charge in [0.25, 0.3) is 0 Å². The van der Waals surface area contributed by atoms with Gasteiger partial charge in [-0.3, -0.25) is 5.84 Å². The minimum Gasteiger partial charge on any atom is -0.255 e. The van der Waals surface area contributed by atoms with Crippen molar-refractivity contribution in [3.8, 4) is 0 Å². The molecule has 6 heteroatoms. The molecule has 0 spiro atoms. The molecule has 1 fully saturated rings. The highest BCUT2D eigenvalue weighted by atomic mass is 19.4. The molecule has 1 aliphatic heterocycles. The number of hydrogen-bond donors (Lipinski definition) is 1. The Labute approximate surface area is 68.9 Å². The Morgan fingerprint density at radius 3 is 2.42 bits per heavy atom. The first-order valence-corrected chi connectivity index (χ1v) is 3.74. The lowest BCUT2D eigenvalue weighted by molar-refractivity contribution is -0.207. The van der Waals surface area contributed by atoms with Crippen LogP contribution in [0.15, 0.2) is 0 Å². The highest BCUT2D eigenvalue weighted by molar-refractivity contribution is 4.82. The molecule has 0 amide bonds. The molecular weight excluding hydrogens is 171 g/mol. The Kier molecular flexibility index (Phi) is 2.60. The summed E-state index contributed by atoms with van der Waals surface area (Å²) < 4.78 is 36.7. The third kappa shape index (κ3) is 1.88. The van der Waals surface area contributed by atoms with Crippen LogP contribution in [0.1, 0.15) is 12.8 Å². The molecular formula is C6H12F3N3. The van der Waals surface area contributed by atoms with Crippen molar-refractivity contribution in [2.75, 3.05) is 13.6 Å². The lowest BCUT2D eigenvalue weighted by atomic mass is 10.2. The van der Waals surface area contributed by atoms with Gasteiger partial charge >= 0.3 is 6.18 Å². The maximum absolute atomic E-state index is 12.2. The van der Waals surface area contributed by atoms with E-state index >= 15 is 0 Å². The van der Waals surface area contributed by atoms with Gasteiger partial charge in [-0.2, -0.15) is 18.3 Å². The third-order valence-electron chi connectivity index (χ3n) is 2.01. The first kappa shape index (κ1) is 9.76. The Hall–Kier alpha value is -0.330. The predicted octanol–water partition coefficient (Wildman–Crippen LogP) is 0.734. The highest BCUT2D eigenvalue weighted by Crippen LogP contribution is 2.32. The Morgan fingerprint density at radius 2 is 2.08 bits per heavy atom. The van der Waals surface area contributed by atoms with Crippen molar-refractivity contribution in [2.24, 2.45) is 5.84 Å². The Morgan fingerprint density at radius 1 is 1.50 bits per heavy atom. The molecule has 0 radical (unpaired) electrons. The molecule has 3 nitrogen and oxygen atoms in total. The number of rotatable bonds is 1. The van der Waals surface area contributed by atoms with Gasteiger partial charge < -0.3 is 0 Å². The van der Waals surface area contributed by atoms with Crippen LogP contribution in [0.25, 0.3) is 0 Å². The van der Waals surface area contributed by atoms with Crippen LogP contribution in [0.5, 0.6) is 0 Å². The zero-order chi connectivity index (χ0) is 9.35. The van der Waals surface area contributed by atoms with E-state index in [1.54, 1.807) is 0 Å². The van der Waals surface area contributed by atoms with Crippen LogP contribution < -0.4 is 5.84 Å². The molecule has 0 bridgehead atoms. The van der Waals surface area contributed by atoms with E-state index in [2.05, 4.69) is 0 Å². The minimum absolute atomic E-state index is 0.144. The summed E-state index contributed by atoms with van der Waals surface area (Å²) in [5.41, 5.74) is 0. The number of hydrazine groups is 2. The number of nitrogens with zero attached hydrogens (tertiary/aromatic N) is 2. The molecule has 1 saturated heterocycles. The van der Waals surface area contributed by atoms with E-state index in [9.17, 15) is 13.2 Å². The van der Waals surface area contributed by atoms with Gasteiger partial charge in [-0.05, 0) is 12.8 Å². The maximum Gasteiger partial charge on any atom is 0.405 e. The molecule has 0 saturated carbocycles. The molecule has 0 aromatic carbocycles. The van der Waals surface area contributed by atoms with Crippen LogP contribution >= 0.6 is 0 Å². The van der Waals surface area contributed by atoms with Crippen LogP contribution in [0.2, 0.25) is 0 Å². The SMILES string of the molecule is CN(N)N1CCCC1C(F)(F)F. The second-order valence-corrected chi connectivity index (χ2v) is 2.94. The number of alkyl halides is 3. The fraction of sp³-hybridized carbons (Fsp3) is 1.00. The van der Waals surface area contributed by atoms with Gasteiger partial charge in [0, 0.05) is 13.6 Å². The molecule has 0 aromatic heterocycles. The summed E-state index contributed by atoms with van der Waals surface area (Å²) in [6.45, 7) is 0.386. The second-order valence-electron chi connectivity index (χ2n) is 2.94. The van der Waals surface area contributed by atoms with Gasteiger partial charge in [0.15, 0.2) is 0 Å². The molecule has 2 N–H and O–H groups in total. The van der Waals surface area contributed by atoms with Gasteiger partial charge in [0.2, 0.25) is 0 Å². The van der Waals surface area contributed by atoms with Crippen molar-refractivity contribution in [2.45, 2.75) is 25.1 Å². The maximum atomic E-state index is 12.2. The van der Waals surface area contributed by atoms with Gasteiger partial charge in [0.1, 0.15) is 6.04 Å². The molecule has 1 rings (SSSR count). The van der Waals surface area contributed by atoms with Crippen molar-refractivity contribution in [1.29, 1.82) is 0 Å². The van der Waals surface area contributed by atoms with Crippen LogP contribution in [0.4, 0.5) is 13.2 Å². The van der Waals surface area contributed by atoms with Crippen molar-refractivity contribution >= 4 is 0 Å². The van der Waals surface area contributed by atoms with E-state index in [1.165, 1.54) is 7.05 Å². The molecule has 1 heterocycles. The van der Waals surface area contributed by atoms with Gasteiger partial charge in [0.05, 0.1) is 0 Å². The molecule has 1 unspecified atom stereocenters. The first-order chi connectivity index (χ1) is 5.43. The summed E-state index contributed by atoms with van der Waals surface area (Å²) in [5.74, 6) is 5.24. The van der Waals surface area contributed by atoms with Gasteiger partial charge in [-0.1, -0.05) is 0 Å². The molecule has 12 heavy (non-hydrogen) atoms. The summed E-state index contributed by atoms with van der Waals surface area (Å²) in [6.07, 6.45) is -3.47. The zero-order valence-electron chi connectivity index (χ0n) is 6.80. The summed E-state index contributed by atoms with van der Waals surface area (Å²) >= 11 is 0. The van der Waals surface area contributed by atoms with Crippen molar-refractivity contribution in [3.63, 3.8) is 0 Å². The minimum atomic E-state index is -4.16. The first-order valence-electron chi connectivity index (χ1n) is 3.74. The van der Waals surface area contributed by atoms with E-state index in [-0.39, 0.29) is 6.42 Å². The van der Waals surface area contributed by atoms with Crippen molar-refractivity contribution in [3.05, 3.63) is 0 Å². The second kappa shape index (κ2) is 3.20.